The van der Waals surface area contributed by atoms with Crippen molar-refractivity contribution in [1.82, 2.24) is 19.7 Å². The van der Waals surface area contributed by atoms with Gasteiger partial charge in [0.15, 0.2) is 11.6 Å². The van der Waals surface area contributed by atoms with Crippen molar-refractivity contribution < 1.29 is 9.18 Å². The standard InChI is InChI=1S/C20H25FN8O/c1-12(2)6-13(9-22)26-20-17(21)8-16(18(23)30)19(28-20)27-14-7-15(11-24-10-14)29-5-3-4-25-29/h3-5,7-8,10-13H,6,9,22H2,1-2H3,(H2,23,30)(H2,26,27,28)/t13-/m1/s1. The maximum absolute atomic E-state index is 14.6. The van der Waals surface area contributed by atoms with Crippen LogP contribution in [0, 0.1) is 11.7 Å². The molecule has 0 radical (unpaired) electrons. The number of amides is 1. The van der Waals surface area contributed by atoms with Gasteiger partial charge in [-0.1, -0.05) is 13.8 Å². The van der Waals surface area contributed by atoms with E-state index in [-0.39, 0.29) is 23.2 Å². The fraction of sp³-hybridized carbons (Fsp3) is 0.300. The first-order chi connectivity index (χ1) is 14.4. The van der Waals surface area contributed by atoms with Crippen molar-refractivity contribution in [2.24, 2.45) is 17.4 Å². The minimum Gasteiger partial charge on any atom is -0.365 e. The van der Waals surface area contributed by atoms with Crippen LogP contribution in [0.5, 0.6) is 0 Å². The highest BCUT2D eigenvalue weighted by molar-refractivity contribution is 5.98. The molecule has 3 aromatic heterocycles. The van der Waals surface area contributed by atoms with Crippen LogP contribution in [0.15, 0.2) is 43.0 Å². The van der Waals surface area contributed by atoms with Crippen molar-refractivity contribution in [3.63, 3.8) is 0 Å². The molecule has 0 spiro atoms. The molecule has 3 heterocycles. The maximum atomic E-state index is 14.6. The number of carbonyl (C=O) groups is 1. The summed E-state index contributed by atoms with van der Waals surface area (Å²) in [5.41, 5.74) is 12.4. The number of rotatable bonds is 9. The summed E-state index contributed by atoms with van der Waals surface area (Å²) >= 11 is 0. The Labute approximate surface area is 173 Å². The minimum atomic E-state index is -0.802. The van der Waals surface area contributed by atoms with Crippen LogP contribution in [0.4, 0.5) is 21.7 Å². The molecule has 10 heteroatoms. The van der Waals surface area contributed by atoms with E-state index < -0.39 is 11.7 Å². The highest BCUT2D eigenvalue weighted by Gasteiger charge is 2.19. The van der Waals surface area contributed by atoms with Gasteiger partial charge < -0.3 is 22.1 Å². The average molecular weight is 412 g/mol. The first-order valence-electron chi connectivity index (χ1n) is 9.56. The van der Waals surface area contributed by atoms with Gasteiger partial charge in [0.1, 0.15) is 5.82 Å². The molecule has 9 nitrogen and oxygen atoms in total. The zero-order valence-electron chi connectivity index (χ0n) is 16.8. The van der Waals surface area contributed by atoms with Gasteiger partial charge in [0.05, 0.1) is 29.3 Å². The van der Waals surface area contributed by atoms with Crippen LogP contribution in [0.2, 0.25) is 0 Å². The van der Waals surface area contributed by atoms with Crippen molar-refractivity contribution >= 4 is 23.2 Å². The van der Waals surface area contributed by atoms with Gasteiger partial charge in [-0.2, -0.15) is 5.10 Å². The molecule has 0 unspecified atom stereocenters. The molecule has 0 saturated heterocycles. The molecule has 3 rings (SSSR count). The highest BCUT2D eigenvalue weighted by atomic mass is 19.1. The number of aromatic nitrogens is 4. The van der Waals surface area contributed by atoms with E-state index in [9.17, 15) is 9.18 Å². The Morgan fingerprint density at radius 3 is 2.70 bits per heavy atom. The molecule has 0 aliphatic heterocycles. The summed E-state index contributed by atoms with van der Waals surface area (Å²) in [4.78, 5) is 20.3. The SMILES string of the molecule is CC(C)C[C@H](CN)Nc1nc(Nc2cncc(-n3cccn3)c2)c(C(N)=O)cc1F. The number of nitrogens with zero attached hydrogens (tertiary/aromatic N) is 4. The predicted octanol–water partition coefficient (Wildman–Crippen LogP) is 2.43. The normalized spacial score (nSPS) is 12.0. The molecule has 30 heavy (non-hydrogen) atoms. The van der Waals surface area contributed by atoms with E-state index in [2.05, 4.69) is 39.5 Å². The fourth-order valence-corrected chi connectivity index (χ4v) is 3.03. The number of pyridine rings is 2. The number of carbonyl (C=O) groups excluding carboxylic acids is 1. The van der Waals surface area contributed by atoms with E-state index in [4.69, 9.17) is 11.5 Å². The number of hydrogen-bond donors (Lipinski definition) is 4. The lowest BCUT2D eigenvalue weighted by atomic mass is 10.0. The van der Waals surface area contributed by atoms with Crippen molar-refractivity contribution in [2.75, 3.05) is 17.2 Å². The molecule has 0 aliphatic rings. The average Bonchev–Trinajstić information content (AvgIpc) is 3.24. The first kappa shape index (κ1) is 21.2. The van der Waals surface area contributed by atoms with Gasteiger partial charge in [0, 0.05) is 25.0 Å². The van der Waals surface area contributed by atoms with E-state index in [0.717, 1.165) is 12.5 Å². The summed E-state index contributed by atoms with van der Waals surface area (Å²) in [6, 6.07) is 4.46. The van der Waals surface area contributed by atoms with Gasteiger partial charge >= 0.3 is 0 Å². The molecule has 0 aromatic carbocycles. The van der Waals surface area contributed by atoms with Gasteiger partial charge in [-0.05, 0) is 30.5 Å². The Balaban J connectivity index is 1.93. The third-order valence-corrected chi connectivity index (χ3v) is 4.38. The largest absolute Gasteiger partial charge is 0.365 e. The Kier molecular flexibility index (Phi) is 6.58. The summed E-state index contributed by atoms with van der Waals surface area (Å²) in [6.07, 6.45) is 7.35. The Morgan fingerprint density at radius 1 is 1.27 bits per heavy atom. The molecule has 0 saturated carbocycles. The zero-order chi connectivity index (χ0) is 21.7. The Bertz CT molecular complexity index is 1010. The molecular formula is C20H25FN8O. The lowest BCUT2D eigenvalue weighted by molar-refractivity contribution is 0.100. The second-order valence-electron chi connectivity index (χ2n) is 7.29. The second kappa shape index (κ2) is 9.31. The second-order valence-corrected chi connectivity index (χ2v) is 7.29. The number of nitrogens with one attached hydrogen (secondary N) is 2. The van der Waals surface area contributed by atoms with Gasteiger partial charge in [0.25, 0.3) is 5.91 Å². The Morgan fingerprint density at radius 2 is 2.07 bits per heavy atom. The van der Waals surface area contributed by atoms with Crippen molar-refractivity contribution in [2.45, 2.75) is 26.3 Å². The van der Waals surface area contributed by atoms with E-state index in [1.54, 1.807) is 41.6 Å². The van der Waals surface area contributed by atoms with Gasteiger partial charge in [-0.25, -0.2) is 14.1 Å². The van der Waals surface area contributed by atoms with E-state index in [1.807, 2.05) is 0 Å². The highest BCUT2D eigenvalue weighted by Crippen LogP contribution is 2.25. The van der Waals surface area contributed by atoms with Gasteiger partial charge in [0.2, 0.25) is 0 Å². The van der Waals surface area contributed by atoms with E-state index >= 15 is 0 Å². The topological polar surface area (TPSA) is 137 Å². The van der Waals surface area contributed by atoms with Gasteiger partial charge in [-0.3, -0.25) is 9.78 Å². The molecule has 0 bridgehead atoms. The lowest BCUT2D eigenvalue weighted by Gasteiger charge is -2.21. The van der Waals surface area contributed by atoms with Crippen LogP contribution in [0.25, 0.3) is 5.69 Å². The molecular weight excluding hydrogens is 387 g/mol. The maximum Gasteiger partial charge on any atom is 0.252 e. The van der Waals surface area contributed by atoms with Crippen LogP contribution >= 0.6 is 0 Å². The predicted molar refractivity (Wildman–Crippen MR) is 113 cm³/mol. The smallest absolute Gasteiger partial charge is 0.252 e. The zero-order valence-corrected chi connectivity index (χ0v) is 16.8. The summed E-state index contributed by atoms with van der Waals surface area (Å²) < 4.78 is 16.2. The van der Waals surface area contributed by atoms with Gasteiger partial charge in [-0.15, -0.1) is 0 Å². The third kappa shape index (κ3) is 5.09. The van der Waals surface area contributed by atoms with Crippen LogP contribution in [0.1, 0.15) is 30.6 Å². The lowest BCUT2D eigenvalue weighted by Crippen LogP contribution is -2.31. The van der Waals surface area contributed by atoms with E-state index in [1.165, 1.54) is 0 Å². The molecule has 1 amide bonds. The summed E-state index contributed by atoms with van der Waals surface area (Å²) in [5, 5.41) is 10.2. The van der Waals surface area contributed by atoms with Crippen molar-refractivity contribution in [3.8, 4) is 5.69 Å². The fourth-order valence-electron chi connectivity index (χ4n) is 3.03. The van der Waals surface area contributed by atoms with Crippen LogP contribution in [-0.4, -0.2) is 38.2 Å². The quantitative estimate of drug-likeness (QED) is 0.424. The van der Waals surface area contributed by atoms with Crippen LogP contribution in [-0.2, 0) is 0 Å². The number of primary amides is 1. The van der Waals surface area contributed by atoms with Crippen molar-refractivity contribution in [3.05, 3.63) is 54.4 Å². The number of anilines is 3. The number of halogens is 1. The van der Waals surface area contributed by atoms with Crippen LogP contribution < -0.4 is 22.1 Å². The molecule has 3 aromatic rings. The Hall–Kier alpha value is -3.53. The molecule has 0 aliphatic carbocycles. The molecule has 0 fully saturated rings. The third-order valence-electron chi connectivity index (χ3n) is 4.38. The van der Waals surface area contributed by atoms with Crippen LogP contribution in [0.3, 0.4) is 0 Å². The summed E-state index contributed by atoms with van der Waals surface area (Å²) in [6.45, 7) is 4.42. The molecule has 158 valence electrons. The van der Waals surface area contributed by atoms with E-state index in [0.29, 0.717) is 23.8 Å². The summed E-state index contributed by atoms with van der Waals surface area (Å²) in [5.74, 6) is -1.00. The summed E-state index contributed by atoms with van der Waals surface area (Å²) in [7, 11) is 0. The monoisotopic (exact) mass is 412 g/mol. The minimum absolute atomic E-state index is 0.00482. The number of hydrogen-bond acceptors (Lipinski definition) is 7. The first-order valence-corrected chi connectivity index (χ1v) is 9.56. The van der Waals surface area contributed by atoms with Crippen molar-refractivity contribution in [1.29, 1.82) is 0 Å². The molecule has 1 atom stereocenters. The molecule has 6 N–H and O–H groups in total. The number of nitrogens with two attached hydrogens (primary N) is 2.